The monoisotopic (exact) mass is 212 g/mol. The molecule has 0 aromatic rings. The molecule has 0 rings (SSSR count). The molecular weight excluding hydrogens is 193 g/mol. The molecule has 0 amide bonds. The maximum Gasteiger partial charge on any atom is 0.394 e. The minimum Gasteiger partial charge on any atom is -0.381 e. The first kappa shape index (κ1) is 13.8. The minimum atomic E-state index is -4.11. The summed E-state index contributed by atoms with van der Waals surface area (Å²) in [5, 5.41) is 0. The number of unbranched alkanes of at least 4 members (excludes halogenated alkanes) is 2. The summed E-state index contributed by atoms with van der Waals surface area (Å²) in [7, 11) is 0. The van der Waals surface area contributed by atoms with Crippen LogP contribution in [0.5, 0.6) is 0 Å². The molecule has 0 saturated carbocycles. The number of halogens is 3. The molecule has 0 saturated heterocycles. The molecule has 0 N–H and O–H groups in total. The van der Waals surface area contributed by atoms with E-state index in [4.69, 9.17) is 4.74 Å². The smallest absolute Gasteiger partial charge is 0.381 e. The first-order valence-electron chi connectivity index (χ1n) is 5.16. The SMILES string of the molecule is CCCCCC(COCC)C(F)(F)F. The maximum atomic E-state index is 12.4. The van der Waals surface area contributed by atoms with Crippen LogP contribution in [0.4, 0.5) is 13.2 Å². The largest absolute Gasteiger partial charge is 0.394 e. The summed E-state index contributed by atoms with van der Waals surface area (Å²) < 4.78 is 42.0. The average Bonchev–Trinajstić information content (AvgIpc) is 2.09. The molecule has 0 radical (unpaired) electrons. The lowest BCUT2D eigenvalue weighted by atomic mass is 10.0. The molecule has 0 aliphatic carbocycles. The number of hydrogen-bond acceptors (Lipinski definition) is 1. The van der Waals surface area contributed by atoms with Gasteiger partial charge in [-0.3, -0.25) is 0 Å². The molecule has 0 aromatic carbocycles. The Labute approximate surface area is 83.6 Å². The van der Waals surface area contributed by atoms with Crippen molar-refractivity contribution in [1.82, 2.24) is 0 Å². The first-order valence-corrected chi connectivity index (χ1v) is 5.16. The second kappa shape index (κ2) is 7.10. The number of rotatable bonds is 7. The van der Waals surface area contributed by atoms with Crippen LogP contribution in [0.2, 0.25) is 0 Å². The van der Waals surface area contributed by atoms with Crippen LogP contribution in [0, 0.1) is 5.92 Å². The van der Waals surface area contributed by atoms with Crippen LogP contribution in [0.1, 0.15) is 39.5 Å². The Morgan fingerprint density at radius 1 is 1.14 bits per heavy atom. The normalized spacial score (nSPS) is 14.4. The summed E-state index contributed by atoms with van der Waals surface area (Å²) >= 11 is 0. The summed E-state index contributed by atoms with van der Waals surface area (Å²) in [6.07, 6.45) is -1.48. The van der Waals surface area contributed by atoms with Crippen LogP contribution in [0.25, 0.3) is 0 Å². The van der Waals surface area contributed by atoms with Crippen molar-refractivity contribution >= 4 is 0 Å². The minimum absolute atomic E-state index is 0.191. The Bertz CT molecular complexity index is 134. The van der Waals surface area contributed by atoms with Crippen molar-refractivity contribution in [1.29, 1.82) is 0 Å². The zero-order chi connectivity index (χ0) is 11.0. The molecule has 0 aromatic heterocycles. The Kier molecular flexibility index (Phi) is 6.97. The molecule has 14 heavy (non-hydrogen) atoms. The van der Waals surface area contributed by atoms with E-state index >= 15 is 0 Å². The highest BCUT2D eigenvalue weighted by atomic mass is 19.4. The van der Waals surface area contributed by atoms with Gasteiger partial charge in [-0.15, -0.1) is 0 Å². The third kappa shape index (κ3) is 6.24. The van der Waals surface area contributed by atoms with Gasteiger partial charge in [0, 0.05) is 6.61 Å². The number of alkyl halides is 3. The third-order valence-electron chi connectivity index (χ3n) is 2.14. The van der Waals surface area contributed by atoms with Crippen molar-refractivity contribution in [3.63, 3.8) is 0 Å². The lowest BCUT2D eigenvalue weighted by molar-refractivity contribution is -0.190. The van der Waals surface area contributed by atoms with Gasteiger partial charge in [-0.2, -0.15) is 13.2 Å². The van der Waals surface area contributed by atoms with Crippen molar-refractivity contribution in [3.8, 4) is 0 Å². The van der Waals surface area contributed by atoms with Crippen molar-refractivity contribution < 1.29 is 17.9 Å². The van der Waals surface area contributed by atoms with E-state index in [2.05, 4.69) is 0 Å². The van der Waals surface area contributed by atoms with E-state index in [1.165, 1.54) is 0 Å². The van der Waals surface area contributed by atoms with E-state index in [1.807, 2.05) is 6.92 Å². The molecule has 0 fully saturated rings. The van der Waals surface area contributed by atoms with Crippen molar-refractivity contribution in [3.05, 3.63) is 0 Å². The first-order chi connectivity index (χ1) is 6.52. The molecule has 1 nitrogen and oxygen atoms in total. The van der Waals surface area contributed by atoms with E-state index in [9.17, 15) is 13.2 Å². The van der Waals surface area contributed by atoms with Crippen LogP contribution in [-0.4, -0.2) is 19.4 Å². The molecule has 1 unspecified atom stereocenters. The fourth-order valence-corrected chi connectivity index (χ4v) is 1.24. The van der Waals surface area contributed by atoms with Crippen LogP contribution in [0.15, 0.2) is 0 Å². The Balaban J connectivity index is 3.85. The molecular formula is C10H19F3O. The van der Waals surface area contributed by atoms with Crippen LogP contribution >= 0.6 is 0 Å². The summed E-state index contributed by atoms with van der Waals surface area (Å²) in [6, 6.07) is 0. The topological polar surface area (TPSA) is 9.23 Å². The third-order valence-corrected chi connectivity index (χ3v) is 2.14. The van der Waals surface area contributed by atoms with Gasteiger partial charge in [0.25, 0.3) is 0 Å². The second-order valence-electron chi connectivity index (χ2n) is 3.39. The van der Waals surface area contributed by atoms with Crippen LogP contribution < -0.4 is 0 Å². The van der Waals surface area contributed by atoms with Gasteiger partial charge in [-0.05, 0) is 13.3 Å². The highest BCUT2D eigenvalue weighted by Gasteiger charge is 2.38. The van der Waals surface area contributed by atoms with E-state index in [0.29, 0.717) is 13.0 Å². The highest BCUT2D eigenvalue weighted by molar-refractivity contribution is 4.67. The second-order valence-corrected chi connectivity index (χ2v) is 3.39. The van der Waals surface area contributed by atoms with Gasteiger partial charge in [0.1, 0.15) is 0 Å². The lowest BCUT2D eigenvalue weighted by Crippen LogP contribution is -2.27. The van der Waals surface area contributed by atoms with E-state index in [1.54, 1.807) is 6.92 Å². The molecule has 4 heteroatoms. The molecule has 1 atom stereocenters. The fraction of sp³-hybridized carbons (Fsp3) is 1.00. The average molecular weight is 212 g/mol. The summed E-state index contributed by atoms with van der Waals surface area (Å²) in [6.45, 7) is 3.84. The molecule has 0 spiro atoms. The zero-order valence-electron chi connectivity index (χ0n) is 8.86. The molecule has 86 valence electrons. The summed E-state index contributed by atoms with van der Waals surface area (Å²) in [5.74, 6) is -1.28. The Hall–Kier alpha value is -0.250. The summed E-state index contributed by atoms with van der Waals surface area (Å²) in [4.78, 5) is 0. The van der Waals surface area contributed by atoms with Gasteiger partial charge in [0.15, 0.2) is 0 Å². The van der Waals surface area contributed by atoms with Crippen LogP contribution in [-0.2, 0) is 4.74 Å². The van der Waals surface area contributed by atoms with Gasteiger partial charge < -0.3 is 4.74 Å². The van der Waals surface area contributed by atoms with Gasteiger partial charge in [0.05, 0.1) is 12.5 Å². The number of ether oxygens (including phenoxy) is 1. The van der Waals surface area contributed by atoms with E-state index in [-0.39, 0.29) is 13.0 Å². The fourth-order valence-electron chi connectivity index (χ4n) is 1.24. The highest BCUT2D eigenvalue weighted by Crippen LogP contribution is 2.30. The molecule has 0 bridgehead atoms. The standard InChI is InChI=1S/C10H19F3O/c1-3-5-6-7-9(8-14-4-2)10(11,12)13/h9H,3-8H2,1-2H3. The Morgan fingerprint density at radius 2 is 1.79 bits per heavy atom. The zero-order valence-corrected chi connectivity index (χ0v) is 8.86. The molecule has 0 heterocycles. The van der Waals surface area contributed by atoms with Crippen molar-refractivity contribution in [2.75, 3.05) is 13.2 Å². The van der Waals surface area contributed by atoms with Gasteiger partial charge in [-0.1, -0.05) is 26.2 Å². The lowest BCUT2D eigenvalue weighted by Gasteiger charge is -2.19. The Morgan fingerprint density at radius 3 is 2.21 bits per heavy atom. The predicted octanol–water partition coefficient (Wildman–Crippen LogP) is 3.78. The predicted molar refractivity (Wildman–Crippen MR) is 50.2 cm³/mol. The quantitative estimate of drug-likeness (QED) is 0.583. The maximum absolute atomic E-state index is 12.4. The number of hydrogen-bond donors (Lipinski definition) is 0. The van der Waals surface area contributed by atoms with Crippen LogP contribution in [0.3, 0.4) is 0 Å². The molecule has 0 aliphatic rings. The van der Waals surface area contributed by atoms with Crippen molar-refractivity contribution in [2.24, 2.45) is 5.92 Å². The van der Waals surface area contributed by atoms with E-state index < -0.39 is 12.1 Å². The molecule has 0 aliphatic heterocycles. The van der Waals surface area contributed by atoms with E-state index in [0.717, 1.165) is 12.8 Å². The summed E-state index contributed by atoms with van der Waals surface area (Å²) in [5.41, 5.74) is 0. The van der Waals surface area contributed by atoms with Gasteiger partial charge >= 0.3 is 6.18 Å². The van der Waals surface area contributed by atoms with Gasteiger partial charge in [0.2, 0.25) is 0 Å². The van der Waals surface area contributed by atoms with Gasteiger partial charge in [-0.25, -0.2) is 0 Å². The van der Waals surface area contributed by atoms with Crippen molar-refractivity contribution in [2.45, 2.75) is 45.7 Å².